The van der Waals surface area contributed by atoms with E-state index in [4.69, 9.17) is 0 Å². The first-order valence-electron chi connectivity index (χ1n) is 7.79. The van der Waals surface area contributed by atoms with Gasteiger partial charge in [0.1, 0.15) is 5.82 Å². The van der Waals surface area contributed by atoms with Crippen molar-refractivity contribution in [3.05, 3.63) is 54.6 Å². The predicted molar refractivity (Wildman–Crippen MR) is 84.9 cm³/mol. The second kappa shape index (κ2) is 6.51. The first kappa shape index (κ1) is 16.3. The Labute approximate surface area is 138 Å². The fourth-order valence-corrected chi connectivity index (χ4v) is 2.47. The molecule has 0 radical (unpaired) electrons. The van der Waals surface area contributed by atoms with Gasteiger partial charge in [0.25, 0.3) is 5.91 Å². The summed E-state index contributed by atoms with van der Waals surface area (Å²) >= 11 is 0. The largest absolute Gasteiger partial charge is 0.344 e. The van der Waals surface area contributed by atoms with E-state index in [2.05, 4.69) is 22.1 Å². The minimum atomic E-state index is -3.47. The average Bonchev–Trinajstić information content (AvgIpc) is 3.33. The molecule has 1 N–H and O–H groups in total. The van der Waals surface area contributed by atoms with E-state index in [1.165, 1.54) is 0 Å². The highest BCUT2D eigenvalue weighted by Gasteiger charge is 2.37. The molecule has 1 amide bonds. The van der Waals surface area contributed by atoms with Crippen molar-refractivity contribution in [1.29, 1.82) is 0 Å². The van der Waals surface area contributed by atoms with Crippen LogP contribution in [0.5, 0.6) is 0 Å². The summed E-state index contributed by atoms with van der Waals surface area (Å²) in [5.41, 5.74) is 0.853. The summed E-state index contributed by atoms with van der Waals surface area (Å²) in [5, 5.41) is 10.5. The van der Waals surface area contributed by atoms with Crippen LogP contribution in [0, 0.1) is 0 Å². The molecular formula is C17H18F2N4O. The average molecular weight is 332 g/mol. The number of hydrogen-bond donors (Lipinski definition) is 1. The third-order valence-electron chi connectivity index (χ3n) is 3.85. The number of hydrogen-bond acceptors (Lipinski definition) is 3. The number of aromatic nitrogens is 3. The molecule has 5 nitrogen and oxygen atoms in total. The van der Waals surface area contributed by atoms with Crippen molar-refractivity contribution < 1.29 is 13.6 Å². The summed E-state index contributed by atoms with van der Waals surface area (Å²) in [6.45, 7) is 3.13. The Hall–Kier alpha value is -2.57. The van der Waals surface area contributed by atoms with Gasteiger partial charge in [-0.15, -0.1) is 16.8 Å². The summed E-state index contributed by atoms with van der Waals surface area (Å²) in [7, 11) is 0. The molecule has 7 heteroatoms. The molecule has 0 unspecified atom stereocenters. The summed E-state index contributed by atoms with van der Waals surface area (Å²) in [6, 6.07) is 9.45. The maximum atomic E-state index is 13.6. The first-order valence-corrected chi connectivity index (χ1v) is 7.79. The van der Waals surface area contributed by atoms with Crippen molar-refractivity contribution in [2.24, 2.45) is 0 Å². The number of amides is 1. The van der Waals surface area contributed by atoms with Crippen LogP contribution in [0.1, 0.15) is 36.8 Å². The fraction of sp³-hybridized carbons (Fsp3) is 0.353. The first-order chi connectivity index (χ1) is 11.5. The highest BCUT2D eigenvalue weighted by Crippen LogP contribution is 2.40. The van der Waals surface area contributed by atoms with Gasteiger partial charge in [-0.3, -0.25) is 9.36 Å². The number of carbonyl (C=O) groups excluding carboxylic acids is 1. The minimum Gasteiger partial charge on any atom is -0.344 e. The van der Waals surface area contributed by atoms with E-state index in [1.54, 1.807) is 0 Å². The Kier molecular flexibility index (Phi) is 4.42. The van der Waals surface area contributed by atoms with Crippen molar-refractivity contribution in [3.63, 3.8) is 0 Å². The molecular weight excluding hydrogens is 314 g/mol. The number of alkyl halides is 2. The molecule has 1 aliphatic carbocycles. The Morgan fingerprint density at radius 2 is 2.04 bits per heavy atom. The zero-order chi connectivity index (χ0) is 17.2. The van der Waals surface area contributed by atoms with E-state index in [9.17, 15) is 13.6 Å². The van der Waals surface area contributed by atoms with E-state index in [0.717, 1.165) is 30.4 Å². The lowest BCUT2D eigenvalue weighted by atomic mass is 10.2. The van der Waals surface area contributed by atoms with Gasteiger partial charge in [0.15, 0.2) is 5.82 Å². The van der Waals surface area contributed by atoms with Crippen molar-refractivity contribution in [2.75, 3.05) is 0 Å². The highest BCUT2D eigenvalue weighted by atomic mass is 19.3. The molecule has 0 atom stereocenters. The zero-order valence-electron chi connectivity index (χ0n) is 13.1. The number of halogens is 2. The maximum absolute atomic E-state index is 13.6. The monoisotopic (exact) mass is 332 g/mol. The molecule has 24 heavy (non-hydrogen) atoms. The van der Waals surface area contributed by atoms with Crippen molar-refractivity contribution in [3.8, 4) is 5.69 Å². The summed E-state index contributed by atoms with van der Waals surface area (Å²) in [6.07, 6.45) is 2.40. The van der Waals surface area contributed by atoms with Crippen LogP contribution < -0.4 is 5.32 Å². The van der Waals surface area contributed by atoms with Crippen LogP contribution in [0.15, 0.2) is 43.0 Å². The topological polar surface area (TPSA) is 59.8 Å². The van der Waals surface area contributed by atoms with Gasteiger partial charge in [0.05, 0.1) is 6.54 Å². The van der Waals surface area contributed by atoms with Gasteiger partial charge >= 0.3 is 5.92 Å². The number of para-hydroxylation sites is 1. The summed E-state index contributed by atoms with van der Waals surface area (Å²) in [5.74, 6) is -3.23. The van der Waals surface area contributed by atoms with Crippen molar-refractivity contribution in [2.45, 2.75) is 37.6 Å². The molecule has 126 valence electrons. The minimum absolute atomic E-state index is 0.111. The molecule has 1 heterocycles. The molecule has 0 saturated heterocycles. The normalized spacial score (nSPS) is 14.4. The van der Waals surface area contributed by atoms with E-state index >= 15 is 0 Å². The third-order valence-corrected chi connectivity index (χ3v) is 3.85. The number of benzene rings is 1. The lowest BCUT2D eigenvalue weighted by Gasteiger charge is -2.15. The van der Waals surface area contributed by atoms with Gasteiger partial charge in [-0.2, -0.15) is 8.78 Å². The van der Waals surface area contributed by atoms with Crippen LogP contribution in [0.4, 0.5) is 8.78 Å². The number of carbonyl (C=O) groups is 1. The lowest BCUT2D eigenvalue weighted by molar-refractivity contribution is -0.145. The molecule has 0 spiro atoms. The van der Waals surface area contributed by atoms with Crippen LogP contribution in [0.3, 0.4) is 0 Å². The van der Waals surface area contributed by atoms with Crippen LogP contribution in [0.2, 0.25) is 0 Å². The lowest BCUT2D eigenvalue weighted by Crippen LogP contribution is -2.39. The molecule has 1 fully saturated rings. The van der Waals surface area contributed by atoms with Crippen molar-refractivity contribution in [1.82, 2.24) is 20.1 Å². The number of allylic oxidation sites excluding steroid dienone is 1. The molecule has 0 bridgehead atoms. The maximum Gasteiger partial charge on any atom is 0.327 e. The Bertz CT molecular complexity index is 738. The molecule has 1 aliphatic rings. The van der Waals surface area contributed by atoms with E-state index < -0.39 is 18.3 Å². The van der Waals surface area contributed by atoms with Crippen LogP contribution in [0.25, 0.3) is 5.69 Å². The number of nitrogens with zero attached hydrogens (tertiary/aromatic N) is 3. The van der Waals surface area contributed by atoms with E-state index in [1.807, 2.05) is 34.9 Å². The summed E-state index contributed by atoms with van der Waals surface area (Å²) in [4.78, 5) is 11.7. The van der Waals surface area contributed by atoms with Gasteiger partial charge < -0.3 is 5.32 Å². The van der Waals surface area contributed by atoms with Gasteiger partial charge in [0.2, 0.25) is 0 Å². The van der Waals surface area contributed by atoms with Crippen LogP contribution in [-0.4, -0.2) is 26.6 Å². The molecule has 1 aromatic carbocycles. The van der Waals surface area contributed by atoms with E-state index in [-0.39, 0.29) is 6.54 Å². The molecule has 0 aliphatic heterocycles. The smallest absolute Gasteiger partial charge is 0.327 e. The van der Waals surface area contributed by atoms with Gasteiger partial charge in [0, 0.05) is 18.0 Å². The quantitative estimate of drug-likeness (QED) is 0.793. The Morgan fingerprint density at radius 3 is 2.67 bits per heavy atom. The second-order valence-corrected chi connectivity index (χ2v) is 5.80. The fourth-order valence-electron chi connectivity index (χ4n) is 2.47. The molecule has 2 aromatic rings. The van der Waals surface area contributed by atoms with Gasteiger partial charge in [-0.25, -0.2) is 0 Å². The molecule has 1 saturated carbocycles. The standard InChI is InChI=1S/C17H18F2N4O/c1-2-10-17(18,19)16(24)20-11-14-21-22-15(12-8-9-12)23(14)13-6-4-3-5-7-13/h2-7,12H,1,8-11H2,(H,20,24). The number of nitrogens with one attached hydrogen (secondary N) is 1. The Morgan fingerprint density at radius 1 is 1.33 bits per heavy atom. The summed E-state index contributed by atoms with van der Waals surface area (Å²) < 4.78 is 29.0. The second-order valence-electron chi connectivity index (χ2n) is 5.80. The van der Waals surface area contributed by atoms with Crippen LogP contribution >= 0.6 is 0 Å². The third kappa shape index (κ3) is 3.34. The molecule has 3 rings (SSSR count). The van der Waals surface area contributed by atoms with Gasteiger partial charge in [-0.1, -0.05) is 24.3 Å². The van der Waals surface area contributed by atoms with Gasteiger partial charge in [-0.05, 0) is 25.0 Å². The highest BCUT2D eigenvalue weighted by molar-refractivity contribution is 5.83. The SMILES string of the molecule is C=CCC(F)(F)C(=O)NCc1nnc(C2CC2)n1-c1ccccc1. The predicted octanol–water partition coefficient (Wildman–Crippen LogP) is 2.97. The Balaban J connectivity index is 1.82. The zero-order valence-corrected chi connectivity index (χ0v) is 13.1. The van der Waals surface area contributed by atoms with Crippen molar-refractivity contribution >= 4 is 5.91 Å². The number of rotatable bonds is 7. The van der Waals surface area contributed by atoms with E-state index in [0.29, 0.717) is 11.7 Å². The molecule has 1 aromatic heterocycles. The van der Waals surface area contributed by atoms with Crippen LogP contribution in [-0.2, 0) is 11.3 Å².